The number of oxime groups is 1. The molecule has 26 heavy (non-hydrogen) atoms. The third kappa shape index (κ3) is 4.34. The fourth-order valence-corrected chi connectivity index (χ4v) is 2.38. The molecule has 0 bridgehead atoms. The highest BCUT2D eigenvalue weighted by atomic mass is 35.5. The first kappa shape index (κ1) is 17.8. The maximum atomic E-state index is 5.88. The molecule has 3 rings (SSSR count). The number of oxazole rings is 1. The van der Waals surface area contributed by atoms with Gasteiger partial charge in [-0.05, 0) is 42.5 Å². The molecule has 0 saturated carbocycles. The van der Waals surface area contributed by atoms with Crippen molar-refractivity contribution in [1.29, 1.82) is 0 Å². The van der Waals surface area contributed by atoms with Crippen LogP contribution in [0.1, 0.15) is 11.5 Å². The van der Waals surface area contributed by atoms with E-state index in [1.807, 2.05) is 18.2 Å². The quantitative estimate of drug-likeness (QED) is 0.449. The normalized spacial score (nSPS) is 10.9. The van der Waals surface area contributed by atoms with Gasteiger partial charge in [-0.25, -0.2) is 4.98 Å². The van der Waals surface area contributed by atoms with Gasteiger partial charge in [0.2, 0.25) is 5.89 Å². The lowest BCUT2D eigenvalue weighted by atomic mass is 10.2. The molecule has 7 heteroatoms. The first-order chi connectivity index (χ1) is 12.7. The molecule has 3 aromatic rings. The van der Waals surface area contributed by atoms with E-state index in [2.05, 4.69) is 10.1 Å². The van der Waals surface area contributed by atoms with Crippen LogP contribution in [0.4, 0.5) is 0 Å². The number of ether oxygens (including phenoxy) is 2. The second-order valence-electron chi connectivity index (χ2n) is 5.24. The summed E-state index contributed by atoms with van der Waals surface area (Å²) in [7, 11) is 3.19. The molecule has 0 radical (unpaired) electrons. The summed E-state index contributed by atoms with van der Waals surface area (Å²) in [5.41, 5.74) is 1.62. The maximum Gasteiger partial charge on any atom is 0.235 e. The van der Waals surface area contributed by atoms with Crippen LogP contribution in [0.5, 0.6) is 11.5 Å². The predicted octanol–water partition coefficient (Wildman–Crippen LogP) is 4.56. The lowest BCUT2D eigenvalue weighted by Crippen LogP contribution is -1.94. The molecule has 0 aliphatic rings. The molecule has 0 saturated heterocycles. The molecule has 0 atom stereocenters. The highest BCUT2D eigenvalue weighted by Crippen LogP contribution is 2.23. The zero-order valence-corrected chi connectivity index (χ0v) is 15.1. The summed E-state index contributed by atoms with van der Waals surface area (Å²) in [6, 6.07) is 12.7. The second-order valence-corrected chi connectivity index (χ2v) is 5.68. The van der Waals surface area contributed by atoms with Gasteiger partial charge in [-0.1, -0.05) is 16.8 Å². The Morgan fingerprint density at radius 3 is 2.65 bits per heavy atom. The summed E-state index contributed by atoms with van der Waals surface area (Å²) >= 11 is 5.88. The van der Waals surface area contributed by atoms with Gasteiger partial charge in [0.25, 0.3) is 0 Å². The van der Waals surface area contributed by atoms with Gasteiger partial charge in [-0.3, -0.25) is 0 Å². The number of aromatic nitrogens is 1. The Hall–Kier alpha value is -2.99. The van der Waals surface area contributed by atoms with Gasteiger partial charge in [0.1, 0.15) is 11.5 Å². The van der Waals surface area contributed by atoms with Crippen molar-refractivity contribution in [2.75, 3.05) is 14.2 Å². The largest absolute Gasteiger partial charge is 0.497 e. The number of hydrogen-bond acceptors (Lipinski definition) is 6. The van der Waals surface area contributed by atoms with Crippen molar-refractivity contribution < 1.29 is 18.7 Å². The molecule has 6 nitrogen and oxygen atoms in total. The third-order valence-electron chi connectivity index (χ3n) is 3.57. The molecule has 2 aromatic carbocycles. The van der Waals surface area contributed by atoms with Crippen LogP contribution in [0.15, 0.2) is 58.2 Å². The van der Waals surface area contributed by atoms with E-state index >= 15 is 0 Å². The molecule has 0 N–H and O–H groups in total. The van der Waals surface area contributed by atoms with Crippen LogP contribution in [0.2, 0.25) is 5.02 Å². The van der Waals surface area contributed by atoms with Gasteiger partial charge >= 0.3 is 0 Å². The summed E-state index contributed by atoms with van der Waals surface area (Å²) in [4.78, 5) is 9.44. The minimum Gasteiger partial charge on any atom is -0.497 e. The topological polar surface area (TPSA) is 66.1 Å². The summed E-state index contributed by atoms with van der Waals surface area (Å²) in [6.45, 7) is 0.108. The zero-order valence-electron chi connectivity index (χ0n) is 14.3. The van der Waals surface area contributed by atoms with Crippen molar-refractivity contribution in [3.05, 3.63) is 65.1 Å². The highest BCUT2D eigenvalue weighted by molar-refractivity contribution is 6.30. The molecular formula is C19H17ClN2O4. The summed E-state index contributed by atoms with van der Waals surface area (Å²) in [6.07, 6.45) is 3.18. The van der Waals surface area contributed by atoms with Crippen LogP contribution in [-0.2, 0) is 11.4 Å². The molecule has 1 aromatic heterocycles. The maximum absolute atomic E-state index is 5.88. The van der Waals surface area contributed by atoms with Crippen molar-refractivity contribution in [1.82, 2.24) is 4.98 Å². The van der Waals surface area contributed by atoms with E-state index < -0.39 is 0 Å². The Morgan fingerprint density at radius 1 is 1.12 bits per heavy atom. The molecule has 0 fully saturated rings. The summed E-state index contributed by atoms with van der Waals surface area (Å²) in [5.74, 6) is 2.43. The van der Waals surface area contributed by atoms with E-state index in [0.29, 0.717) is 28.2 Å². The number of nitrogens with zero attached hydrogens (tertiary/aromatic N) is 2. The molecule has 1 heterocycles. The fraction of sp³-hybridized carbons (Fsp3) is 0.158. The van der Waals surface area contributed by atoms with Crippen LogP contribution >= 0.6 is 11.6 Å². The second kappa shape index (κ2) is 8.40. The van der Waals surface area contributed by atoms with Crippen molar-refractivity contribution >= 4 is 17.8 Å². The van der Waals surface area contributed by atoms with Crippen LogP contribution < -0.4 is 9.47 Å². The third-order valence-corrected chi connectivity index (χ3v) is 3.83. The SMILES string of the molecule is COc1ccc(OC)c(/C=N/OCc2ncc(-c3ccc(Cl)cc3)o2)c1. The van der Waals surface area contributed by atoms with Crippen molar-refractivity contribution in [2.45, 2.75) is 6.61 Å². The summed E-state index contributed by atoms with van der Waals surface area (Å²) < 4.78 is 16.1. The standard InChI is InChI=1S/C19H17ClN2O4/c1-23-16-7-8-17(24-2)14(9-16)10-22-25-12-19-21-11-18(26-19)13-3-5-15(20)6-4-13/h3-11H,12H2,1-2H3/b22-10+. The number of hydrogen-bond donors (Lipinski definition) is 0. The monoisotopic (exact) mass is 372 g/mol. The molecule has 134 valence electrons. The van der Waals surface area contributed by atoms with Gasteiger partial charge < -0.3 is 18.7 Å². The molecular weight excluding hydrogens is 356 g/mol. The predicted molar refractivity (Wildman–Crippen MR) is 98.9 cm³/mol. The Morgan fingerprint density at radius 2 is 1.92 bits per heavy atom. The Labute approximate surface area is 156 Å². The van der Waals surface area contributed by atoms with Crippen molar-refractivity contribution in [2.24, 2.45) is 5.16 Å². The molecule has 0 aliphatic heterocycles. The number of benzene rings is 2. The van der Waals surface area contributed by atoms with Gasteiger partial charge in [0.05, 0.1) is 26.6 Å². The first-order valence-corrected chi connectivity index (χ1v) is 8.15. The smallest absolute Gasteiger partial charge is 0.235 e. The average molecular weight is 373 g/mol. The minimum absolute atomic E-state index is 0.108. The molecule has 0 aliphatic carbocycles. The van der Waals surface area contributed by atoms with Gasteiger partial charge in [-0.15, -0.1) is 0 Å². The number of halogens is 1. The van der Waals surface area contributed by atoms with Crippen LogP contribution in [0, 0.1) is 0 Å². The van der Waals surface area contributed by atoms with Crippen LogP contribution in [0.3, 0.4) is 0 Å². The van der Waals surface area contributed by atoms with E-state index in [1.165, 1.54) is 0 Å². The molecule has 0 unspecified atom stereocenters. The Bertz CT molecular complexity index is 891. The fourth-order valence-electron chi connectivity index (χ4n) is 2.25. The Balaban J connectivity index is 1.62. The van der Waals surface area contributed by atoms with Crippen LogP contribution in [0.25, 0.3) is 11.3 Å². The van der Waals surface area contributed by atoms with Crippen molar-refractivity contribution in [3.63, 3.8) is 0 Å². The highest BCUT2D eigenvalue weighted by Gasteiger charge is 2.07. The average Bonchev–Trinajstić information content (AvgIpc) is 3.14. The number of methoxy groups -OCH3 is 2. The zero-order chi connectivity index (χ0) is 18.4. The Kier molecular flexibility index (Phi) is 5.76. The first-order valence-electron chi connectivity index (χ1n) is 7.77. The van der Waals surface area contributed by atoms with Gasteiger partial charge in [0.15, 0.2) is 12.4 Å². The number of rotatable bonds is 7. The van der Waals surface area contributed by atoms with Gasteiger partial charge in [-0.2, -0.15) is 0 Å². The van der Waals surface area contributed by atoms with Crippen LogP contribution in [-0.4, -0.2) is 25.4 Å². The van der Waals surface area contributed by atoms with E-state index in [4.69, 9.17) is 30.3 Å². The summed E-state index contributed by atoms with van der Waals surface area (Å²) in [5, 5.41) is 4.60. The van der Waals surface area contributed by atoms with E-state index in [-0.39, 0.29) is 6.61 Å². The van der Waals surface area contributed by atoms with Gasteiger partial charge in [0, 0.05) is 16.1 Å². The lowest BCUT2D eigenvalue weighted by molar-refractivity contribution is 0.113. The minimum atomic E-state index is 0.108. The van der Waals surface area contributed by atoms with E-state index in [1.54, 1.807) is 50.9 Å². The lowest BCUT2D eigenvalue weighted by Gasteiger charge is -2.06. The van der Waals surface area contributed by atoms with Crippen molar-refractivity contribution in [3.8, 4) is 22.8 Å². The molecule has 0 spiro atoms. The van der Waals surface area contributed by atoms with E-state index in [9.17, 15) is 0 Å². The van der Waals surface area contributed by atoms with E-state index in [0.717, 1.165) is 11.1 Å². The molecule has 0 amide bonds.